The highest BCUT2D eigenvalue weighted by molar-refractivity contribution is 5.91. The SMILES string of the molecule is CN(C)C1=NC(c2ccccc2)=C[N]1. The average molecular weight is 186 g/mol. The first-order chi connectivity index (χ1) is 6.77. The maximum Gasteiger partial charge on any atom is 0.225 e. The molecular formula is C11H12N3. The van der Waals surface area contributed by atoms with Gasteiger partial charge in [-0.1, -0.05) is 30.3 Å². The topological polar surface area (TPSA) is 29.7 Å². The standard InChI is InChI=1S/C11H12N3/c1-14(2)11-12-8-10(13-11)9-6-4-3-5-7-9/h3-8H,1-2H3. The van der Waals surface area contributed by atoms with E-state index >= 15 is 0 Å². The molecule has 2 rings (SSSR count). The first-order valence-corrected chi connectivity index (χ1v) is 4.50. The Bertz CT molecular complexity index is 377. The first kappa shape index (κ1) is 8.81. The van der Waals surface area contributed by atoms with Gasteiger partial charge in [-0.25, -0.2) is 10.3 Å². The molecule has 0 bridgehead atoms. The zero-order chi connectivity index (χ0) is 9.97. The Morgan fingerprint density at radius 3 is 2.36 bits per heavy atom. The van der Waals surface area contributed by atoms with Gasteiger partial charge in [-0.2, -0.15) is 0 Å². The van der Waals surface area contributed by atoms with Crippen LogP contribution in [0.4, 0.5) is 0 Å². The van der Waals surface area contributed by atoms with Gasteiger partial charge in [-0.3, -0.25) is 0 Å². The Labute approximate surface area is 83.8 Å². The van der Waals surface area contributed by atoms with Crippen LogP contribution in [0.3, 0.4) is 0 Å². The number of guanidine groups is 1. The van der Waals surface area contributed by atoms with E-state index < -0.39 is 0 Å². The molecule has 0 amide bonds. The van der Waals surface area contributed by atoms with Crippen LogP contribution in [0.5, 0.6) is 0 Å². The molecule has 0 atom stereocenters. The van der Waals surface area contributed by atoms with E-state index in [-0.39, 0.29) is 0 Å². The van der Waals surface area contributed by atoms with E-state index in [4.69, 9.17) is 0 Å². The van der Waals surface area contributed by atoms with Gasteiger partial charge in [-0.15, -0.1) is 0 Å². The molecule has 0 fully saturated rings. The van der Waals surface area contributed by atoms with Crippen molar-refractivity contribution in [2.24, 2.45) is 4.99 Å². The van der Waals surface area contributed by atoms with Crippen molar-refractivity contribution in [2.45, 2.75) is 0 Å². The Morgan fingerprint density at radius 1 is 1.07 bits per heavy atom. The third kappa shape index (κ3) is 1.62. The van der Waals surface area contributed by atoms with Crippen molar-refractivity contribution in [1.82, 2.24) is 10.2 Å². The van der Waals surface area contributed by atoms with Crippen LogP contribution in [0.2, 0.25) is 0 Å². The van der Waals surface area contributed by atoms with Crippen LogP contribution < -0.4 is 5.32 Å². The molecule has 0 saturated carbocycles. The van der Waals surface area contributed by atoms with Crippen LogP contribution in [0.1, 0.15) is 5.56 Å². The average Bonchev–Trinajstić information content (AvgIpc) is 2.68. The minimum absolute atomic E-state index is 0.754. The lowest BCUT2D eigenvalue weighted by molar-refractivity contribution is 0.604. The summed E-state index contributed by atoms with van der Waals surface area (Å²) in [6.07, 6.45) is 1.80. The van der Waals surface area contributed by atoms with Crippen LogP contribution >= 0.6 is 0 Å². The van der Waals surface area contributed by atoms with Gasteiger partial charge in [-0.05, 0) is 0 Å². The molecule has 1 aliphatic rings. The lowest BCUT2D eigenvalue weighted by Gasteiger charge is -2.08. The number of benzene rings is 1. The molecule has 1 radical (unpaired) electrons. The molecule has 1 aliphatic heterocycles. The Hall–Kier alpha value is -1.77. The summed E-state index contributed by atoms with van der Waals surface area (Å²) in [5, 5.41) is 4.21. The molecule has 0 unspecified atom stereocenters. The first-order valence-electron chi connectivity index (χ1n) is 4.50. The lowest BCUT2D eigenvalue weighted by atomic mass is 10.2. The molecule has 1 aromatic rings. The van der Waals surface area contributed by atoms with E-state index in [1.165, 1.54) is 0 Å². The number of nitrogens with zero attached hydrogens (tertiary/aromatic N) is 3. The number of aliphatic imine (C=N–C) groups is 1. The minimum atomic E-state index is 0.754. The van der Waals surface area contributed by atoms with Crippen molar-refractivity contribution in [3.05, 3.63) is 42.1 Å². The molecule has 3 nitrogen and oxygen atoms in total. The highest BCUT2D eigenvalue weighted by Crippen LogP contribution is 2.18. The summed E-state index contributed by atoms with van der Waals surface area (Å²) in [7, 11) is 3.87. The molecule has 71 valence electrons. The molecule has 0 aliphatic carbocycles. The van der Waals surface area contributed by atoms with Gasteiger partial charge in [0, 0.05) is 19.7 Å². The predicted octanol–water partition coefficient (Wildman–Crippen LogP) is 1.52. The lowest BCUT2D eigenvalue weighted by Crippen LogP contribution is -2.26. The van der Waals surface area contributed by atoms with Gasteiger partial charge in [0.05, 0.1) is 11.9 Å². The highest BCUT2D eigenvalue weighted by Gasteiger charge is 2.12. The summed E-state index contributed by atoms with van der Waals surface area (Å²) < 4.78 is 0. The van der Waals surface area contributed by atoms with E-state index in [0.29, 0.717) is 0 Å². The van der Waals surface area contributed by atoms with E-state index in [1.54, 1.807) is 6.20 Å². The number of rotatable bonds is 1. The summed E-state index contributed by atoms with van der Waals surface area (Å²) in [6, 6.07) is 10.1. The fourth-order valence-corrected chi connectivity index (χ4v) is 1.25. The van der Waals surface area contributed by atoms with E-state index in [1.807, 2.05) is 49.3 Å². The molecule has 0 saturated heterocycles. The van der Waals surface area contributed by atoms with Crippen molar-refractivity contribution in [3.8, 4) is 0 Å². The Morgan fingerprint density at radius 2 is 1.79 bits per heavy atom. The molecule has 1 heterocycles. The van der Waals surface area contributed by atoms with Gasteiger partial charge < -0.3 is 4.90 Å². The summed E-state index contributed by atoms with van der Waals surface area (Å²) in [4.78, 5) is 6.29. The second-order valence-electron chi connectivity index (χ2n) is 3.32. The normalized spacial score (nSPS) is 14.4. The van der Waals surface area contributed by atoms with Crippen molar-refractivity contribution in [2.75, 3.05) is 14.1 Å². The molecule has 0 aromatic heterocycles. The monoisotopic (exact) mass is 186 g/mol. The summed E-state index contributed by atoms with van der Waals surface area (Å²) in [6.45, 7) is 0. The summed E-state index contributed by atoms with van der Waals surface area (Å²) in [5.41, 5.74) is 2.03. The Balaban J connectivity index is 2.23. The molecule has 14 heavy (non-hydrogen) atoms. The summed E-state index contributed by atoms with van der Waals surface area (Å²) >= 11 is 0. The van der Waals surface area contributed by atoms with Gasteiger partial charge >= 0.3 is 0 Å². The van der Waals surface area contributed by atoms with Crippen molar-refractivity contribution < 1.29 is 0 Å². The van der Waals surface area contributed by atoms with Crippen LogP contribution in [-0.2, 0) is 0 Å². The highest BCUT2D eigenvalue weighted by atomic mass is 15.3. The smallest absolute Gasteiger partial charge is 0.225 e. The van der Waals surface area contributed by atoms with Gasteiger partial charge in [0.15, 0.2) is 0 Å². The quantitative estimate of drug-likeness (QED) is 0.654. The van der Waals surface area contributed by atoms with E-state index in [0.717, 1.165) is 17.2 Å². The second-order valence-corrected chi connectivity index (χ2v) is 3.32. The van der Waals surface area contributed by atoms with Crippen LogP contribution in [0, 0.1) is 0 Å². The largest absolute Gasteiger partial charge is 0.347 e. The van der Waals surface area contributed by atoms with Crippen LogP contribution in [0.15, 0.2) is 41.5 Å². The molecular weight excluding hydrogens is 174 g/mol. The maximum absolute atomic E-state index is 4.39. The molecule has 0 N–H and O–H groups in total. The van der Waals surface area contributed by atoms with Crippen LogP contribution in [0.25, 0.3) is 5.70 Å². The summed E-state index contributed by atoms with van der Waals surface area (Å²) in [5.74, 6) is 0.754. The zero-order valence-corrected chi connectivity index (χ0v) is 8.31. The number of hydrogen-bond donors (Lipinski definition) is 0. The molecule has 0 spiro atoms. The van der Waals surface area contributed by atoms with Crippen molar-refractivity contribution in [1.29, 1.82) is 0 Å². The van der Waals surface area contributed by atoms with Crippen molar-refractivity contribution in [3.63, 3.8) is 0 Å². The predicted molar refractivity (Wildman–Crippen MR) is 57.7 cm³/mol. The van der Waals surface area contributed by atoms with Crippen LogP contribution in [-0.4, -0.2) is 25.0 Å². The zero-order valence-electron chi connectivity index (χ0n) is 8.31. The van der Waals surface area contributed by atoms with E-state index in [9.17, 15) is 0 Å². The second kappa shape index (κ2) is 3.54. The van der Waals surface area contributed by atoms with Gasteiger partial charge in [0.2, 0.25) is 5.96 Å². The van der Waals surface area contributed by atoms with Gasteiger partial charge in [0.1, 0.15) is 0 Å². The third-order valence-electron chi connectivity index (χ3n) is 1.99. The molecule has 3 heteroatoms. The number of hydrogen-bond acceptors (Lipinski definition) is 2. The van der Waals surface area contributed by atoms with Gasteiger partial charge in [0.25, 0.3) is 0 Å². The molecule has 1 aromatic carbocycles. The minimum Gasteiger partial charge on any atom is -0.347 e. The fourth-order valence-electron chi connectivity index (χ4n) is 1.25. The maximum atomic E-state index is 4.39. The van der Waals surface area contributed by atoms with Crippen molar-refractivity contribution >= 4 is 11.7 Å². The third-order valence-corrected chi connectivity index (χ3v) is 1.99. The van der Waals surface area contributed by atoms with E-state index in [2.05, 4.69) is 10.3 Å². The Kier molecular flexibility index (Phi) is 2.23. The fraction of sp³-hybridized carbons (Fsp3) is 0.182.